The summed E-state index contributed by atoms with van der Waals surface area (Å²) in [5.74, 6) is -0.453. The van der Waals surface area contributed by atoms with E-state index in [2.05, 4.69) is 13.8 Å². The van der Waals surface area contributed by atoms with Crippen molar-refractivity contribution < 1.29 is 18.1 Å². The summed E-state index contributed by atoms with van der Waals surface area (Å²) in [6.45, 7) is 4.21. The lowest BCUT2D eigenvalue weighted by molar-refractivity contribution is -0.671. The van der Waals surface area contributed by atoms with Gasteiger partial charge in [-0.1, -0.05) is 39.5 Å². The zero-order valence-electron chi connectivity index (χ0n) is 18.3. The average Bonchev–Trinajstić information content (AvgIpc) is 2.77. The number of benzene rings is 1. The van der Waals surface area contributed by atoms with Gasteiger partial charge in [0.1, 0.15) is 7.05 Å². The van der Waals surface area contributed by atoms with Crippen molar-refractivity contribution in [1.29, 1.82) is 0 Å². The number of nitrogen functional groups attached to an aromatic ring is 1. The van der Waals surface area contributed by atoms with Crippen LogP contribution in [0.15, 0.2) is 47.6 Å². The monoisotopic (exact) mass is 431 g/mol. The number of aromatic nitrogens is 1. The number of fused-ring (bicyclic) bond motifs is 1. The number of unbranched alkanes of at least 4 members (excludes halogenated alkanes) is 2. The minimum atomic E-state index is -3.57. The maximum atomic E-state index is 13.6. The number of aryl methyl sites for hydroxylation is 1. The van der Waals surface area contributed by atoms with Gasteiger partial charge in [-0.15, -0.1) is 0 Å². The molecule has 0 amide bonds. The highest BCUT2D eigenvalue weighted by atomic mass is 32.2. The third kappa shape index (κ3) is 4.40. The molecule has 0 fully saturated rings. The van der Waals surface area contributed by atoms with E-state index < -0.39 is 27.3 Å². The number of hydrogen-bond donors (Lipinski definition) is 2. The molecule has 5 nitrogen and oxygen atoms in total. The maximum Gasteiger partial charge on any atom is 0.179 e. The van der Waals surface area contributed by atoms with Crippen LogP contribution < -0.4 is 10.3 Å². The zero-order chi connectivity index (χ0) is 21.9. The number of nitrogens with two attached hydrogens (primary N) is 1. The molecule has 30 heavy (non-hydrogen) atoms. The molecule has 6 heteroatoms. The number of aliphatic hydroxyl groups excluding tert-OH is 1. The van der Waals surface area contributed by atoms with E-state index in [4.69, 9.17) is 5.73 Å². The summed E-state index contributed by atoms with van der Waals surface area (Å²) in [7, 11) is -1.63. The topological polar surface area (TPSA) is 84.3 Å². The zero-order valence-corrected chi connectivity index (χ0v) is 19.2. The van der Waals surface area contributed by atoms with E-state index >= 15 is 0 Å². The van der Waals surface area contributed by atoms with Crippen molar-refractivity contribution in [2.45, 2.75) is 69.3 Å². The van der Waals surface area contributed by atoms with Crippen LogP contribution in [0.4, 0.5) is 5.69 Å². The van der Waals surface area contributed by atoms with Crippen LogP contribution in [-0.2, 0) is 16.9 Å². The molecule has 1 aromatic carbocycles. The third-order valence-electron chi connectivity index (χ3n) is 6.54. The molecule has 1 aromatic heterocycles. The van der Waals surface area contributed by atoms with Gasteiger partial charge in [0.2, 0.25) is 0 Å². The number of pyridine rings is 1. The van der Waals surface area contributed by atoms with Crippen LogP contribution in [0.3, 0.4) is 0 Å². The van der Waals surface area contributed by atoms with E-state index in [0.717, 1.165) is 31.2 Å². The molecule has 0 saturated carbocycles. The Balaban J connectivity index is 2.27. The lowest BCUT2D eigenvalue weighted by atomic mass is 9.68. The Morgan fingerprint density at radius 2 is 1.70 bits per heavy atom. The van der Waals surface area contributed by atoms with Crippen molar-refractivity contribution >= 4 is 15.5 Å². The molecule has 3 rings (SSSR count). The predicted molar refractivity (Wildman–Crippen MR) is 120 cm³/mol. The van der Waals surface area contributed by atoms with Gasteiger partial charge in [-0.05, 0) is 42.2 Å². The van der Waals surface area contributed by atoms with Gasteiger partial charge in [0.25, 0.3) is 0 Å². The Morgan fingerprint density at radius 3 is 2.27 bits per heavy atom. The quantitative estimate of drug-likeness (QED) is 0.517. The van der Waals surface area contributed by atoms with Gasteiger partial charge in [0.15, 0.2) is 22.2 Å². The van der Waals surface area contributed by atoms with E-state index in [1.165, 1.54) is 0 Å². The molecular weight excluding hydrogens is 396 g/mol. The first-order valence-electron chi connectivity index (χ1n) is 11.0. The fourth-order valence-corrected chi connectivity index (χ4v) is 7.06. The van der Waals surface area contributed by atoms with Crippen LogP contribution >= 0.6 is 0 Å². The van der Waals surface area contributed by atoms with Gasteiger partial charge in [-0.25, -0.2) is 13.0 Å². The fourth-order valence-electron chi connectivity index (χ4n) is 4.86. The SMILES string of the molecule is CCCCC1(CCCC)CS(=O)(=O)c2ccc(N)cc2[C@@H](c2cc[n+](C)cc2)C1O. The van der Waals surface area contributed by atoms with Gasteiger partial charge >= 0.3 is 0 Å². The first-order chi connectivity index (χ1) is 14.2. The first-order valence-corrected chi connectivity index (χ1v) is 12.6. The highest BCUT2D eigenvalue weighted by Gasteiger charge is 2.49. The lowest BCUT2D eigenvalue weighted by Gasteiger charge is -2.40. The number of sulfone groups is 1. The number of nitrogens with zero attached hydrogens (tertiary/aromatic N) is 1. The number of hydrogen-bond acceptors (Lipinski definition) is 4. The first kappa shape index (κ1) is 22.8. The van der Waals surface area contributed by atoms with Gasteiger partial charge in [-0.2, -0.15) is 0 Å². The number of aliphatic hydroxyl groups is 1. The summed E-state index contributed by atoms with van der Waals surface area (Å²) in [6, 6.07) is 8.96. The standard InChI is InChI=1S/C24H35N2O3S/c1-4-6-12-24(13-7-5-2)17-30(28,29)21-9-8-19(25)16-20(21)22(23(24)27)18-10-14-26(3)15-11-18/h8-11,14-16,22-23,27H,4-7,12-13,17,25H2,1-3H3/q+1/t22-,23?/m1/s1. The van der Waals surface area contributed by atoms with Gasteiger partial charge in [0.05, 0.1) is 16.8 Å². The Kier molecular flexibility index (Phi) is 6.88. The molecule has 164 valence electrons. The normalized spacial score (nSPS) is 22.3. The molecule has 1 unspecified atom stereocenters. The molecule has 1 aliphatic rings. The Hall–Kier alpha value is -1.92. The molecular formula is C24H35N2O3S+. The molecule has 2 heterocycles. The van der Waals surface area contributed by atoms with E-state index in [-0.39, 0.29) is 5.75 Å². The largest absolute Gasteiger partial charge is 0.399 e. The van der Waals surface area contributed by atoms with E-state index in [1.807, 2.05) is 36.1 Å². The van der Waals surface area contributed by atoms with Gasteiger partial charge in [-0.3, -0.25) is 0 Å². The summed E-state index contributed by atoms with van der Waals surface area (Å²) in [6.07, 6.45) is 8.19. The van der Waals surface area contributed by atoms with Crippen molar-refractivity contribution in [1.82, 2.24) is 0 Å². The molecule has 3 N–H and O–H groups in total. The van der Waals surface area contributed by atoms with Crippen LogP contribution in [0.2, 0.25) is 0 Å². The van der Waals surface area contributed by atoms with Crippen molar-refractivity contribution in [3.63, 3.8) is 0 Å². The molecule has 1 aliphatic heterocycles. The van der Waals surface area contributed by atoms with Crippen molar-refractivity contribution in [2.24, 2.45) is 12.5 Å². The van der Waals surface area contributed by atoms with Crippen LogP contribution in [0.1, 0.15) is 69.4 Å². The average molecular weight is 432 g/mol. The molecule has 0 radical (unpaired) electrons. The van der Waals surface area contributed by atoms with E-state index in [0.29, 0.717) is 29.0 Å². The van der Waals surface area contributed by atoms with Gasteiger partial charge < -0.3 is 10.8 Å². The second-order valence-electron chi connectivity index (χ2n) is 8.85. The second-order valence-corrected chi connectivity index (χ2v) is 10.8. The summed E-state index contributed by atoms with van der Waals surface area (Å²) in [5.41, 5.74) is 7.45. The van der Waals surface area contributed by atoms with Crippen LogP contribution in [0, 0.1) is 5.41 Å². The van der Waals surface area contributed by atoms with E-state index in [9.17, 15) is 13.5 Å². The molecule has 0 bridgehead atoms. The van der Waals surface area contributed by atoms with Crippen molar-refractivity contribution in [3.8, 4) is 0 Å². The van der Waals surface area contributed by atoms with Crippen molar-refractivity contribution in [3.05, 3.63) is 53.9 Å². The Bertz CT molecular complexity index is 962. The summed E-state index contributed by atoms with van der Waals surface area (Å²) >= 11 is 0. The van der Waals surface area contributed by atoms with Crippen molar-refractivity contribution in [2.75, 3.05) is 11.5 Å². The third-order valence-corrected chi connectivity index (χ3v) is 8.54. The maximum absolute atomic E-state index is 13.6. The molecule has 0 aliphatic carbocycles. The molecule has 0 saturated heterocycles. The Labute approximate surface area is 180 Å². The molecule has 2 aromatic rings. The highest BCUT2D eigenvalue weighted by molar-refractivity contribution is 7.91. The summed E-state index contributed by atoms with van der Waals surface area (Å²) in [5, 5.41) is 11.9. The smallest absolute Gasteiger partial charge is 0.179 e. The van der Waals surface area contributed by atoms with Crippen LogP contribution in [0.25, 0.3) is 0 Å². The van der Waals surface area contributed by atoms with Crippen LogP contribution in [-0.4, -0.2) is 25.4 Å². The predicted octanol–water partition coefficient (Wildman–Crippen LogP) is 3.74. The fraction of sp³-hybridized carbons (Fsp3) is 0.542. The van der Waals surface area contributed by atoms with E-state index in [1.54, 1.807) is 18.2 Å². The number of anilines is 1. The Morgan fingerprint density at radius 1 is 1.10 bits per heavy atom. The summed E-state index contributed by atoms with van der Waals surface area (Å²) < 4.78 is 29.1. The lowest BCUT2D eigenvalue weighted by Crippen LogP contribution is -2.43. The van der Waals surface area contributed by atoms with Crippen LogP contribution in [0.5, 0.6) is 0 Å². The summed E-state index contributed by atoms with van der Waals surface area (Å²) in [4.78, 5) is 0.309. The highest BCUT2D eigenvalue weighted by Crippen LogP contribution is 2.49. The molecule has 0 spiro atoms. The van der Waals surface area contributed by atoms with Gasteiger partial charge in [0, 0.05) is 29.2 Å². The second kappa shape index (κ2) is 9.06. The number of rotatable bonds is 7. The minimum absolute atomic E-state index is 0.0187. The minimum Gasteiger partial charge on any atom is -0.399 e. The molecule has 2 atom stereocenters.